The molecule has 1 aromatic carbocycles. The minimum Gasteiger partial charge on any atom is -0.496 e. The number of hydrogen-bond donors (Lipinski definition) is 1. The molecule has 2 heterocycles. The topological polar surface area (TPSA) is 71.7 Å². The number of hydrogen-bond acceptors (Lipinski definition) is 5. The van der Waals surface area contributed by atoms with Gasteiger partial charge in [0.2, 0.25) is 0 Å². The number of ether oxygens (including phenoxy) is 1. The van der Waals surface area contributed by atoms with E-state index >= 15 is 0 Å². The molecule has 0 spiro atoms. The van der Waals surface area contributed by atoms with Crippen LogP contribution in [-0.4, -0.2) is 49.1 Å². The van der Waals surface area contributed by atoms with Crippen LogP contribution in [0.2, 0.25) is 10.0 Å². The molecular formula is C17H20Cl4N4O2. The lowest BCUT2D eigenvalue weighted by Crippen LogP contribution is -2.49. The van der Waals surface area contributed by atoms with Crippen molar-refractivity contribution in [2.75, 3.05) is 43.9 Å². The molecule has 1 aliphatic rings. The summed E-state index contributed by atoms with van der Waals surface area (Å²) >= 11 is 11.9. The number of rotatable bonds is 3. The van der Waals surface area contributed by atoms with Gasteiger partial charge in [-0.2, -0.15) is 0 Å². The Labute approximate surface area is 180 Å². The van der Waals surface area contributed by atoms with Crippen LogP contribution in [0.5, 0.6) is 5.75 Å². The molecule has 1 fully saturated rings. The number of nitrogen functional groups attached to an aromatic ring is 1. The highest BCUT2D eigenvalue weighted by atomic mass is 35.5. The van der Waals surface area contributed by atoms with E-state index in [4.69, 9.17) is 33.7 Å². The fraction of sp³-hybridized carbons (Fsp3) is 0.294. The molecular weight excluding hydrogens is 434 g/mol. The minimum absolute atomic E-state index is 0. The van der Waals surface area contributed by atoms with Gasteiger partial charge < -0.3 is 20.3 Å². The normalized spacial score (nSPS) is 13.4. The molecule has 0 bridgehead atoms. The van der Waals surface area contributed by atoms with Gasteiger partial charge in [-0.1, -0.05) is 23.2 Å². The van der Waals surface area contributed by atoms with E-state index in [1.54, 1.807) is 23.2 Å². The van der Waals surface area contributed by atoms with Crippen LogP contribution in [0.3, 0.4) is 0 Å². The predicted octanol–water partition coefficient (Wildman–Crippen LogP) is 3.79. The highest BCUT2D eigenvalue weighted by Crippen LogP contribution is 2.30. The summed E-state index contributed by atoms with van der Waals surface area (Å²) in [5.41, 5.74) is 6.58. The van der Waals surface area contributed by atoms with E-state index in [9.17, 15) is 4.79 Å². The zero-order valence-corrected chi connectivity index (χ0v) is 17.7. The number of carbonyl (C=O) groups excluding carboxylic acids is 1. The predicted molar refractivity (Wildman–Crippen MR) is 114 cm³/mol. The van der Waals surface area contributed by atoms with Gasteiger partial charge in [0.05, 0.1) is 28.4 Å². The SMILES string of the molecule is COc1cc(N)c(Cl)cc1C(=O)N1CCN(c2ccc(Cl)cn2)CC1.Cl.Cl. The number of pyridine rings is 1. The Morgan fingerprint density at radius 1 is 1.15 bits per heavy atom. The maximum absolute atomic E-state index is 12.8. The quantitative estimate of drug-likeness (QED) is 0.715. The van der Waals surface area contributed by atoms with Gasteiger partial charge in [-0.25, -0.2) is 4.98 Å². The van der Waals surface area contributed by atoms with E-state index in [1.165, 1.54) is 7.11 Å². The van der Waals surface area contributed by atoms with Crippen molar-refractivity contribution in [2.24, 2.45) is 0 Å². The maximum Gasteiger partial charge on any atom is 0.257 e. The van der Waals surface area contributed by atoms with Gasteiger partial charge in [0.1, 0.15) is 11.6 Å². The van der Waals surface area contributed by atoms with Crippen molar-refractivity contribution in [1.29, 1.82) is 0 Å². The van der Waals surface area contributed by atoms with E-state index in [1.807, 2.05) is 12.1 Å². The third-order valence-electron chi connectivity index (χ3n) is 4.15. The first-order chi connectivity index (χ1) is 12.0. The largest absolute Gasteiger partial charge is 0.496 e. The first-order valence-corrected chi connectivity index (χ1v) is 8.54. The van der Waals surface area contributed by atoms with Crippen molar-refractivity contribution in [3.8, 4) is 5.75 Å². The average molecular weight is 454 g/mol. The third kappa shape index (κ3) is 5.23. The number of halogens is 4. The van der Waals surface area contributed by atoms with Crippen LogP contribution in [-0.2, 0) is 0 Å². The zero-order valence-electron chi connectivity index (χ0n) is 14.5. The highest BCUT2D eigenvalue weighted by Gasteiger charge is 2.25. The van der Waals surface area contributed by atoms with Crippen molar-refractivity contribution in [2.45, 2.75) is 0 Å². The number of piperazine rings is 1. The van der Waals surface area contributed by atoms with Gasteiger partial charge in [-0.3, -0.25) is 4.79 Å². The lowest BCUT2D eigenvalue weighted by molar-refractivity contribution is 0.0743. The summed E-state index contributed by atoms with van der Waals surface area (Å²) in [5.74, 6) is 1.15. The Morgan fingerprint density at radius 2 is 1.81 bits per heavy atom. The van der Waals surface area contributed by atoms with E-state index in [2.05, 4.69) is 9.88 Å². The summed E-state index contributed by atoms with van der Waals surface area (Å²) in [7, 11) is 1.50. The maximum atomic E-state index is 12.8. The summed E-state index contributed by atoms with van der Waals surface area (Å²) in [6, 6.07) is 6.82. The molecule has 2 N–H and O–H groups in total. The van der Waals surface area contributed by atoms with Gasteiger partial charge >= 0.3 is 0 Å². The van der Waals surface area contributed by atoms with E-state index in [-0.39, 0.29) is 30.7 Å². The third-order valence-corrected chi connectivity index (χ3v) is 4.70. The van der Waals surface area contributed by atoms with Crippen LogP contribution in [0, 0.1) is 0 Å². The molecule has 148 valence electrons. The molecule has 27 heavy (non-hydrogen) atoms. The number of carbonyl (C=O) groups is 1. The smallest absolute Gasteiger partial charge is 0.257 e. The van der Waals surface area contributed by atoms with Crippen molar-refractivity contribution >= 4 is 65.4 Å². The summed E-state index contributed by atoms with van der Waals surface area (Å²) in [5, 5.41) is 0.943. The molecule has 0 saturated carbocycles. The summed E-state index contributed by atoms with van der Waals surface area (Å²) in [6.07, 6.45) is 1.62. The van der Waals surface area contributed by atoms with Crippen molar-refractivity contribution in [3.05, 3.63) is 46.1 Å². The molecule has 0 aliphatic carbocycles. The first kappa shape index (κ1) is 23.4. The molecule has 2 aromatic rings. The molecule has 0 radical (unpaired) electrons. The van der Waals surface area contributed by atoms with Crippen molar-refractivity contribution < 1.29 is 9.53 Å². The number of amides is 1. The van der Waals surface area contributed by atoms with Crippen molar-refractivity contribution in [1.82, 2.24) is 9.88 Å². The second-order valence-corrected chi connectivity index (χ2v) is 6.53. The number of aromatic nitrogens is 1. The average Bonchev–Trinajstić information content (AvgIpc) is 2.64. The second kappa shape index (κ2) is 10.1. The van der Waals surface area contributed by atoms with Gasteiger partial charge in [0, 0.05) is 38.4 Å². The van der Waals surface area contributed by atoms with Gasteiger partial charge in [-0.05, 0) is 18.2 Å². The molecule has 10 heteroatoms. The van der Waals surface area contributed by atoms with Crippen LogP contribution in [0.25, 0.3) is 0 Å². The van der Waals surface area contributed by atoms with Crippen LogP contribution < -0.4 is 15.4 Å². The Hall–Kier alpha value is -1.60. The monoisotopic (exact) mass is 452 g/mol. The van der Waals surface area contributed by atoms with Gasteiger partial charge in [-0.15, -0.1) is 24.8 Å². The fourth-order valence-corrected chi connectivity index (χ4v) is 3.04. The molecule has 1 saturated heterocycles. The standard InChI is InChI=1S/C17H18Cl2N4O2.2ClH/c1-25-15-9-14(20)13(19)8-12(15)17(24)23-6-4-22(5-7-23)16-3-2-11(18)10-21-16;;/h2-3,8-10H,4-7,20H2,1H3;2*1H. The van der Waals surface area contributed by atoms with Crippen LogP contribution in [0.4, 0.5) is 11.5 Å². The fourth-order valence-electron chi connectivity index (χ4n) is 2.77. The second-order valence-electron chi connectivity index (χ2n) is 5.69. The highest BCUT2D eigenvalue weighted by molar-refractivity contribution is 6.33. The van der Waals surface area contributed by atoms with Crippen LogP contribution >= 0.6 is 48.0 Å². The number of benzene rings is 1. The molecule has 1 aliphatic heterocycles. The lowest BCUT2D eigenvalue weighted by atomic mass is 10.1. The summed E-state index contributed by atoms with van der Waals surface area (Å²) in [6.45, 7) is 2.53. The Balaban J connectivity index is 0.00000182. The lowest BCUT2D eigenvalue weighted by Gasteiger charge is -2.35. The van der Waals surface area contributed by atoms with Gasteiger partial charge in [0.15, 0.2) is 0 Å². The summed E-state index contributed by atoms with van der Waals surface area (Å²) < 4.78 is 5.28. The number of nitrogens with zero attached hydrogens (tertiary/aromatic N) is 3. The first-order valence-electron chi connectivity index (χ1n) is 7.78. The molecule has 1 aromatic heterocycles. The van der Waals surface area contributed by atoms with Crippen LogP contribution in [0.1, 0.15) is 10.4 Å². The van der Waals surface area contributed by atoms with E-state index < -0.39 is 0 Å². The molecule has 0 atom stereocenters. The number of methoxy groups -OCH3 is 1. The summed E-state index contributed by atoms with van der Waals surface area (Å²) in [4.78, 5) is 21.0. The Bertz CT molecular complexity index is 781. The minimum atomic E-state index is -0.123. The van der Waals surface area contributed by atoms with E-state index in [0.717, 1.165) is 5.82 Å². The number of nitrogens with two attached hydrogens (primary N) is 1. The molecule has 6 nitrogen and oxygen atoms in total. The zero-order chi connectivity index (χ0) is 18.0. The molecule has 3 rings (SSSR count). The Morgan fingerprint density at radius 3 is 2.37 bits per heavy atom. The Kier molecular flexibility index (Phi) is 8.75. The molecule has 0 unspecified atom stereocenters. The van der Waals surface area contributed by atoms with Gasteiger partial charge in [0.25, 0.3) is 5.91 Å². The molecule has 1 amide bonds. The van der Waals surface area contributed by atoms with E-state index in [0.29, 0.717) is 53.2 Å². The van der Waals surface area contributed by atoms with Crippen LogP contribution in [0.15, 0.2) is 30.5 Å². The van der Waals surface area contributed by atoms with Crippen molar-refractivity contribution in [3.63, 3.8) is 0 Å². The number of anilines is 2.